The van der Waals surface area contributed by atoms with Gasteiger partial charge in [0.2, 0.25) is 12.3 Å². The molecule has 0 unspecified atom stereocenters. The van der Waals surface area contributed by atoms with Crippen molar-refractivity contribution in [2.24, 2.45) is 0 Å². The number of ether oxygens (including phenoxy) is 1. The molecule has 0 saturated carbocycles. The van der Waals surface area contributed by atoms with E-state index in [0.717, 1.165) is 6.07 Å². The number of hydrogen-bond acceptors (Lipinski definition) is 5. The quantitative estimate of drug-likeness (QED) is 0.846. The normalized spacial score (nSPS) is 10.3. The minimum atomic E-state index is -0.608. The average molecular weight is 326 g/mol. The summed E-state index contributed by atoms with van der Waals surface area (Å²) in [6.45, 7) is 3.46. The number of aryl methyl sites for hydroxylation is 1. The highest BCUT2D eigenvalue weighted by molar-refractivity contribution is 6.30. The molecule has 116 valence electrons. The Morgan fingerprint density at radius 2 is 2.32 bits per heavy atom. The summed E-state index contributed by atoms with van der Waals surface area (Å²) in [6, 6.07) is 3.94. The summed E-state index contributed by atoms with van der Waals surface area (Å²) in [4.78, 5) is 11.7. The van der Waals surface area contributed by atoms with Crippen LogP contribution in [0.15, 0.2) is 41.3 Å². The first-order chi connectivity index (χ1) is 10.5. The van der Waals surface area contributed by atoms with E-state index in [4.69, 9.17) is 20.8 Å². The van der Waals surface area contributed by atoms with Crippen LogP contribution >= 0.6 is 11.6 Å². The fraction of sp³-hybridized carbons (Fsp3) is 0.214. The number of nitrogens with zero attached hydrogens (tertiary/aromatic N) is 2. The van der Waals surface area contributed by atoms with Crippen LogP contribution in [0.2, 0.25) is 5.02 Å². The molecular weight excluding hydrogens is 313 g/mol. The molecular formula is C14H13ClFN3O3. The minimum absolute atomic E-state index is 0.00814. The van der Waals surface area contributed by atoms with Gasteiger partial charge >= 0.3 is 0 Å². The number of hydrogen-bond donors (Lipinski definition) is 1. The second-order valence-electron chi connectivity index (χ2n) is 4.35. The lowest BCUT2D eigenvalue weighted by molar-refractivity contribution is -0.122. The standard InChI is InChI=1S/C14H13ClFN3O3/c1-9(2-5-14-19-17-8-22-14)18-13(20)7-21-10-3-4-11(15)12(16)6-10/h3-4,6,8H,1-2,5,7H2,(H,18,20). The van der Waals surface area contributed by atoms with Gasteiger partial charge in [0, 0.05) is 18.2 Å². The van der Waals surface area contributed by atoms with Gasteiger partial charge in [-0.05, 0) is 18.6 Å². The first-order valence-corrected chi connectivity index (χ1v) is 6.73. The van der Waals surface area contributed by atoms with Gasteiger partial charge in [-0.2, -0.15) is 0 Å². The molecule has 0 saturated heterocycles. The molecule has 8 heteroatoms. The van der Waals surface area contributed by atoms with E-state index in [1.165, 1.54) is 18.5 Å². The van der Waals surface area contributed by atoms with Gasteiger partial charge in [0.25, 0.3) is 5.91 Å². The molecule has 1 aromatic heterocycles. The van der Waals surface area contributed by atoms with Crippen LogP contribution < -0.4 is 10.1 Å². The maximum atomic E-state index is 13.2. The number of carbonyl (C=O) groups is 1. The molecule has 1 N–H and O–H groups in total. The van der Waals surface area contributed by atoms with Gasteiger partial charge in [-0.3, -0.25) is 4.79 Å². The summed E-state index contributed by atoms with van der Waals surface area (Å²) in [7, 11) is 0. The van der Waals surface area contributed by atoms with Crippen molar-refractivity contribution < 1.29 is 18.3 Å². The zero-order chi connectivity index (χ0) is 15.9. The number of rotatable bonds is 7. The van der Waals surface area contributed by atoms with E-state index in [0.29, 0.717) is 24.4 Å². The molecule has 0 radical (unpaired) electrons. The van der Waals surface area contributed by atoms with E-state index in [1.54, 1.807) is 0 Å². The summed E-state index contributed by atoms with van der Waals surface area (Å²) in [5.41, 5.74) is 0.495. The molecule has 1 aromatic carbocycles. The van der Waals surface area contributed by atoms with E-state index < -0.39 is 11.7 Å². The molecule has 2 aromatic rings. The fourth-order valence-corrected chi connectivity index (χ4v) is 1.69. The van der Waals surface area contributed by atoms with Gasteiger partial charge in [-0.1, -0.05) is 18.2 Å². The highest BCUT2D eigenvalue weighted by atomic mass is 35.5. The molecule has 0 aliphatic rings. The highest BCUT2D eigenvalue weighted by Gasteiger charge is 2.08. The Labute approximate surface area is 130 Å². The second kappa shape index (κ2) is 7.56. The number of nitrogens with one attached hydrogen (secondary N) is 1. The van der Waals surface area contributed by atoms with Crippen molar-refractivity contribution >= 4 is 17.5 Å². The first-order valence-electron chi connectivity index (χ1n) is 6.35. The number of benzene rings is 1. The predicted molar refractivity (Wildman–Crippen MR) is 76.8 cm³/mol. The maximum absolute atomic E-state index is 13.2. The van der Waals surface area contributed by atoms with Crippen molar-refractivity contribution in [1.82, 2.24) is 15.5 Å². The van der Waals surface area contributed by atoms with Crippen molar-refractivity contribution in [2.75, 3.05) is 6.61 Å². The molecule has 0 atom stereocenters. The number of carbonyl (C=O) groups excluding carboxylic acids is 1. The Hall–Kier alpha value is -2.41. The molecule has 0 fully saturated rings. The summed E-state index contributed by atoms with van der Waals surface area (Å²) in [6.07, 6.45) is 2.17. The Bertz CT molecular complexity index is 661. The third kappa shape index (κ3) is 4.85. The fourth-order valence-electron chi connectivity index (χ4n) is 1.57. The van der Waals surface area contributed by atoms with Gasteiger partial charge < -0.3 is 14.5 Å². The number of amides is 1. The van der Waals surface area contributed by atoms with E-state index in [2.05, 4.69) is 22.1 Å². The zero-order valence-electron chi connectivity index (χ0n) is 11.5. The second-order valence-corrected chi connectivity index (χ2v) is 4.76. The lowest BCUT2D eigenvalue weighted by Gasteiger charge is -2.09. The molecule has 22 heavy (non-hydrogen) atoms. The summed E-state index contributed by atoms with van der Waals surface area (Å²) in [5, 5.41) is 9.82. The predicted octanol–water partition coefficient (Wildman–Crippen LogP) is 2.50. The largest absolute Gasteiger partial charge is 0.484 e. The van der Waals surface area contributed by atoms with Crippen molar-refractivity contribution in [2.45, 2.75) is 12.8 Å². The van der Waals surface area contributed by atoms with Crippen molar-refractivity contribution in [3.63, 3.8) is 0 Å². The van der Waals surface area contributed by atoms with Gasteiger partial charge in [-0.25, -0.2) is 4.39 Å². The van der Waals surface area contributed by atoms with Crippen LogP contribution in [0.25, 0.3) is 0 Å². The number of aromatic nitrogens is 2. The van der Waals surface area contributed by atoms with Crippen LogP contribution in [0.4, 0.5) is 4.39 Å². The van der Waals surface area contributed by atoms with E-state index in [9.17, 15) is 9.18 Å². The summed E-state index contributed by atoms with van der Waals surface area (Å²) in [5.74, 6) is -0.328. The van der Waals surface area contributed by atoms with Crippen LogP contribution in [0, 0.1) is 5.82 Å². The van der Waals surface area contributed by atoms with E-state index >= 15 is 0 Å². The van der Waals surface area contributed by atoms with Gasteiger partial charge in [0.05, 0.1) is 5.02 Å². The lowest BCUT2D eigenvalue weighted by atomic mass is 10.2. The molecule has 0 bridgehead atoms. The average Bonchev–Trinajstić information content (AvgIpc) is 3.00. The van der Waals surface area contributed by atoms with E-state index in [-0.39, 0.29) is 17.4 Å². The van der Waals surface area contributed by atoms with Gasteiger partial charge in [0.15, 0.2) is 6.61 Å². The Kier molecular flexibility index (Phi) is 5.48. The lowest BCUT2D eigenvalue weighted by Crippen LogP contribution is -2.28. The maximum Gasteiger partial charge on any atom is 0.262 e. The smallest absolute Gasteiger partial charge is 0.262 e. The third-order valence-corrected chi connectivity index (χ3v) is 2.93. The van der Waals surface area contributed by atoms with Crippen molar-refractivity contribution in [1.29, 1.82) is 0 Å². The van der Waals surface area contributed by atoms with Crippen LogP contribution in [0.3, 0.4) is 0 Å². The molecule has 0 spiro atoms. The van der Waals surface area contributed by atoms with Crippen LogP contribution in [-0.4, -0.2) is 22.7 Å². The first kappa shape index (κ1) is 16.0. The Morgan fingerprint density at radius 1 is 1.50 bits per heavy atom. The highest BCUT2D eigenvalue weighted by Crippen LogP contribution is 2.20. The topological polar surface area (TPSA) is 77.3 Å². The molecule has 1 heterocycles. The van der Waals surface area contributed by atoms with Crippen molar-refractivity contribution in [3.05, 3.63) is 53.6 Å². The molecule has 0 aliphatic carbocycles. The molecule has 2 rings (SSSR count). The monoisotopic (exact) mass is 325 g/mol. The van der Waals surface area contributed by atoms with E-state index in [1.807, 2.05) is 0 Å². The summed E-state index contributed by atoms with van der Waals surface area (Å²) < 4.78 is 23.3. The SMILES string of the molecule is C=C(CCc1nnco1)NC(=O)COc1ccc(Cl)c(F)c1. The van der Waals surface area contributed by atoms with Crippen molar-refractivity contribution in [3.8, 4) is 5.75 Å². The zero-order valence-corrected chi connectivity index (χ0v) is 12.3. The van der Waals surface area contributed by atoms with Crippen LogP contribution in [0.1, 0.15) is 12.3 Å². The molecule has 1 amide bonds. The Balaban J connectivity index is 1.72. The summed E-state index contributed by atoms with van der Waals surface area (Å²) >= 11 is 5.55. The van der Waals surface area contributed by atoms with Crippen LogP contribution in [0.5, 0.6) is 5.75 Å². The molecule has 6 nitrogen and oxygen atoms in total. The molecule has 0 aliphatic heterocycles. The van der Waals surface area contributed by atoms with Crippen LogP contribution in [-0.2, 0) is 11.2 Å². The Morgan fingerprint density at radius 3 is 3.00 bits per heavy atom. The minimum Gasteiger partial charge on any atom is -0.484 e. The number of allylic oxidation sites excluding steroid dienone is 1. The van der Waals surface area contributed by atoms with Gasteiger partial charge in [-0.15, -0.1) is 10.2 Å². The third-order valence-electron chi connectivity index (χ3n) is 2.62. The van der Waals surface area contributed by atoms with Gasteiger partial charge in [0.1, 0.15) is 11.6 Å². The number of halogens is 2.